The van der Waals surface area contributed by atoms with Crippen LogP contribution in [0.15, 0.2) is 152 Å². The molecule has 63 heavy (non-hydrogen) atoms. The van der Waals surface area contributed by atoms with Crippen molar-refractivity contribution in [1.82, 2.24) is 9.88 Å². The molecule has 3 aliphatic heterocycles. The summed E-state index contributed by atoms with van der Waals surface area (Å²) in [5.74, 6) is 4.50. The standard InChI is InChI=1S/C51H40N4O7S/c1-60-35-25-22-31(23-26-35)20-21-32-24-27-38-37(30-32)51(49(59)52-38)42(47(57)54-50-53-39-17-9-11-19-41(39)63-50)44-48(58)62-45(34-14-6-3-7-15-34)43(33-12-4-2-5-13-33)55(44)46(51)36-16-8-10-18-40(36)61-29-28-56/h2-19,22-27,30,42-46,56H,28-29H2,1H3,(H,52,59)(H,53,54,57)/t42-,43-,44-,45+,46+,51-/m1/s1. The summed E-state index contributed by atoms with van der Waals surface area (Å²) in [6, 6.07) is 43.9. The molecule has 2 fully saturated rings. The van der Waals surface area contributed by atoms with Gasteiger partial charge in [-0.1, -0.05) is 114 Å². The van der Waals surface area contributed by atoms with Gasteiger partial charge in [-0.25, -0.2) is 4.98 Å². The average Bonchev–Trinajstić information content (AvgIpc) is 3.97. The van der Waals surface area contributed by atoms with Crippen molar-refractivity contribution >= 4 is 50.2 Å². The fourth-order valence-corrected chi connectivity index (χ4v) is 10.4. The van der Waals surface area contributed by atoms with Crippen LogP contribution in [0.2, 0.25) is 0 Å². The zero-order valence-electron chi connectivity index (χ0n) is 33.9. The quantitative estimate of drug-likeness (QED) is 0.0975. The lowest BCUT2D eigenvalue weighted by Crippen LogP contribution is -2.53. The number of morpholine rings is 1. The molecule has 7 aromatic rings. The molecule has 0 aliphatic carbocycles. The normalized spacial score (nSPS) is 22.3. The summed E-state index contributed by atoms with van der Waals surface area (Å²) in [6.45, 7) is -0.301. The van der Waals surface area contributed by atoms with Crippen molar-refractivity contribution in [3.8, 4) is 23.3 Å². The molecule has 6 aromatic carbocycles. The molecule has 312 valence electrons. The predicted molar refractivity (Wildman–Crippen MR) is 239 cm³/mol. The molecule has 6 atom stereocenters. The molecule has 0 unspecified atom stereocenters. The summed E-state index contributed by atoms with van der Waals surface area (Å²) in [4.78, 5) is 53.2. The van der Waals surface area contributed by atoms with Crippen molar-refractivity contribution in [3.05, 3.63) is 185 Å². The van der Waals surface area contributed by atoms with E-state index in [9.17, 15) is 5.11 Å². The largest absolute Gasteiger partial charge is 0.497 e. The van der Waals surface area contributed by atoms with Crippen LogP contribution in [0.3, 0.4) is 0 Å². The first-order valence-corrected chi connectivity index (χ1v) is 21.4. The number of ether oxygens (including phenoxy) is 3. The molecule has 11 nitrogen and oxygen atoms in total. The van der Waals surface area contributed by atoms with E-state index < -0.39 is 53.3 Å². The van der Waals surface area contributed by atoms with Gasteiger partial charge in [-0.05, 0) is 77.4 Å². The number of aromatic nitrogens is 1. The highest BCUT2D eigenvalue weighted by Crippen LogP contribution is 2.65. The summed E-state index contributed by atoms with van der Waals surface area (Å²) in [5, 5.41) is 16.5. The Morgan fingerprint density at radius 2 is 1.52 bits per heavy atom. The van der Waals surface area contributed by atoms with Crippen LogP contribution >= 0.6 is 11.3 Å². The number of aliphatic hydroxyl groups is 1. The van der Waals surface area contributed by atoms with E-state index >= 15 is 14.4 Å². The number of amides is 2. The second-order valence-electron chi connectivity index (χ2n) is 15.5. The lowest BCUT2D eigenvalue weighted by molar-refractivity contribution is -0.177. The molecule has 1 aromatic heterocycles. The van der Waals surface area contributed by atoms with Crippen LogP contribution in [0, 0.1) is 17.8 Å². The number of methoxy groups -OCH3 is 1. The average molecular weight is 853 g/mol. The Bertz CT molecular complexity index is 2900. The minimum Gasteiger partial charge on any atom is -0.497 e. The maximum absolute atomic E-state index is 15.7. The third-order valence-corrected chi connectivity index (χ3v) is 13.1. The van der Waals surface area contributed by atoms with Gasteiger partial charge >= 0.3 is 5.97 Å². The predicted octanol–water partition coefficient (Wildman–Crippen LogP) is 7.99. The zero-order valence-corrected chi connectivity index (χ0v) is 34.8. The highest BCUT2D eigenvalue weighted by Gasteiger charge is 2.74. The van der Waals surface area contributed by atoms with Gasteiger partial charge in [-0.2, -0.15) is 0 Å². The van der Waals surface area contributed by atoms with Gasteiger partial charge in [-0.15, -0.1) is 0 Å². The van der Waals surface area contributed by atoms with Crippen LogP contribution in [0.5, 0.6) is 11.5 Å². The molecule has 1 spiro atoms. The second-order valence-corrected chi connectivity index (χ2v) is 16.6. The van der Waals surface area contributed by atoms with E-state index in [1.165, 1.54) is 11.3 Å². The van der Waals surface area contributed by atoms with E-state index in [0.29, 0.717) is 44.5 Å². The number of nitrogens with one attached hydrogen (secondary N) is 2. The first-order chi connectivity index (χ1) is 30.9. The highest BCUT2D eigenvalue weighted by molar-refractivity contribution is 7.22. The number of cyclic esters (lactones) is 1. The first-order valence-electron chi connectivity index (χ1n) is 20.6. The Balaban J connectivity index is 1.24. The number of benzene rings is 6. The van der Waals surface area contributed by atoms with Crippen LogP contribution in [-0.4, -0.2) is 59.1 Å². The van der Waals surface area contributed by atoms with Crippen LogP contribution in [0.25, 0.3) is 10.2 Å². The molecule has 0 bridgehead atoms. The van der Waals surface area contributed by atoms with Gasteiger partial charge in [-0.3, -0.25) is 19.3 Å². The van der Waals surface area contributed by atoms with Crippen molar-refractivity contribution in [2.75, 3.05) is 31.0 Å². The Kier molecular flexibility index (Phi) is 10.4. The van der Waals surface area contributed by atoms with Gasteiger partial charge in [0.2, 0.25) is 11.8 Å². The van der Waals surface area contributed by atoms with Crippen LogP contribution in [-0.2, 0) is 24.5 Å². The van der Waals surface area contributed by atoms with E-state index in [2.05, 4.69) is 22.5 Å². The van der Waals surface area contributed by atoms with Crippen LogP contribution < -0.4 is 20.1 Å². The number of anilines is 2. The molecule has 4 heterocycles. The zero-order chi connectivity index (χ0) is 43.1. The number of fused-ring (bicyclic) bond motifs is 4. The fraction of sp³-hybridized carbons (Fsp3) is 0.176. The molecular weight excluding hydrogens is 813 g/mol. The number of para-hydroxylation sites is 2. The lowest BCUT2D eigenvalue weighted by atomic mass is 9.65. The Morgan fingerprint density at radius 1 is 0.841 bits per heavy atom. The van der Waals surface area contributed by atoms with Crippen molar-refractivity contribution in [2.24, 2.45) is 5.92 Å². The maximum Gasteiger partial charge on any atom is 0.324 e. The summed E-state index contributed by atoms with van der Waals surface area (Å²) in [6.07, 6.45) is -0.848. The van der Waals surface area contributed by atoms with Gasteiger partial charge < -0.3 is 30.0 Å². The number of aliphatic hydroxyl groups excluding tert-OH is 1. The lowest BCUT2D eigenvalue weighted by Gasteiger charge is -2.46. The Hall–Kier alpha value is -7.30. The van der Waals surface area contributed by atoms with Gasteiger partial charge in [0.15, 0.2) is 5.13 Å². The minimum absolute atomic E-state index is 0.0354. The number of rotatable bonds is 9. The number of thiazole rings is 1. The van der Waals surface area contributed by atoms with Crippen LogP contribution in [0.1, 0.15) is 51.6 Å². The van der Waals surface area contributed by atoms with Gasteiger partial charge in [0.1, 0.15) is 35.7 Å². The van der Waals surface area contributed by atoms with Crippen molar-refractivity contribution in [1.29, 1.82) is 0 Å². The number of nitrogens with zero attached hydrogens (tertiary/aromatic N) is 2. The number of carbonyl (C=O) groups excluding carboxylic acids is 3. The van der Waals surface area contributed by atoms with Gasteiger partial charge in [0.25, 0.3) is 0 Å². The monoisotopic (exact) mass is 852 g/mol. The third kappa shape index (κ3) is 6.87. The van der Waals surface area contributed by atoms with Gasteiger partial charge in [0, 0.05) is 22.4 Å². The van der Waals surface area contributed by atoms with E-state index in [0.717, 1.165) is 21.4 Å². The summed E-state index contributed by atoms with van der Waals surface area (Å²) >= 11 is 1.30. The van der Waals surface area contributed by atoms with E-state index in [1.54, 1.807) is 19.2 Å². The topological polar surface area (TPSA) is 139 Å². The molecule has 0 radical (unpaired) electrons. The van der Waals surface area contributed by atoms with Crippen molar-refractivity contribution in [2.45, 2.75) is 29.6 Å². The number of hydrogen-bond donors (Lipinski definition) is 3. The molecule has 10 rings (SSSR count). The second kappa shape index (κ2) is 16.5. The number of esters is 1. The van der Waals surface area contributed by atoms with Gasteiger partial charge in [0.05, 0.1) is 41.9 Å². The maximum atomic E-state index is 15.7. The molecule has 2 saturated heterocycles. The SMILES string of the molecule is COc1ccc(C#Cc2ccc3c(c2)[C@]2(C(=O)N3)[C@H](c3ccccc3OCCO)N3[C@H](c4ccccc4)[C@H](c4ccccc4)OC(=O)[C@H]3[C@@H]2C(=O)Nc2nc3ccccc3s2)cc1. The van der Waals surface area contributed by atoms with E-state index in [4.69, 9.17) is 19.2 Å². The molecule has 12 heteroatoms. The molecule has 2 amide bonds. The highest BCUT2D eigenvalue weighted by atomic mass is 32.1. The fourth-order valence-electron chi connectivity index (χ4n) is 9.56. The summed E-state index contributed by atoms with van der Waals surface area (Å²) < 4.78 is 19.0. The Morgan fingerprint density at radius 3 is 2.27 bits per heavy atom. The summed E-state index contributed by atoms with van der Waals surface area (Å²) in [7, 11) is 1.60. The van der Waals surface area contributed by atoms with Crippen molar-refractivity contribution in [3.63, 3.8) is 0 Å². The van der Waals surface area contributed by atoms with Crippen molar-refractivity contribution < 1.29 is 33.7 Å². The smallest absolute Gasteiger partial charge is 0.324 e. The Labute approximate surface area is 367 Å². The number of hydrogen-bond acceptors (Lipinski definition) is 10. The molecule has 3 aliphatic rings. The molecule has 3 N–H and O–H groups in total. The minimum atomic E-state index is -1.80. The third-order valence-electron chi connectivity index (χ3n) is 12.1. The first kappa shape index (κ1) is 39.8. The molecular formula is C51H40N4O7S. The van der Waals surface area contributed by atoms with Crippen LogP contribution in [0.4, 0.5) is 10.8 Å². The molecule has 0 saturated carbocycles. The summed E-state index contributed by atoms with van der Waals surface area (Å²) in [5.41, 5.74) is 3.31. The van der Waals surface area contributed by atoms with E-state index in [-0.39, 0.29) is 13.2 Å². The number of carbonyl (C=O) groups is 3. The van der Waals surface area contributed by atoms with E-state index in [1.807, 2.05) is 144 Å².